The van der Waals surface area contributed by atoms with Crippen molar-refractivity contribution in [1.29, 1.82) is 0 Å². The SMILES string of the molecule is C=C1c2ccc(CC3CCCCC3NCC3CC(CC)C3)cc2CN1N. The van der Waals surface area contributed by atoms with E-state index in [4.69, 9.17) is 5.84 Å². The van der Waals surface area contributed by atoms with E-state index in [2.05, 4.69) is 37.0 Å². The van der Waals surface area contributed by atoms with Crippen LogP contribution in [0.25, 0.3) is 5.70 Å². The van der Waals surface area contributed by atoms with Crippen LogP contribution in [0, 0.1) is 17.8 Å². The molecule has 3 N–H and O–H groups in total. The van der Waals surface area contributed by atoms with Crippen LogP contribution in [-0.2, 0) is 13.0 Å². The Morgan fingerprint density at radius 3 is 2.81 bits per heavy atom. The number of fused-ring (bicyclic) bond motifs is 1. The Labute approximate surface area is 159 Å². The van der Waals surface area contributed by atoms with Crippen LogP contribution < -0.4 is 11.2 Å². The average molecular weight is 354 g/mol. The minimum absolute atomic E-state index is 0.707. The fourth-order valence-electron chi connectivity index (χ4n) is 5.34. The van der Waals surface area contributed by atoms with Crippen LogP contribution in [0.1, 0.15) is 68.6 Å². The smallest absolute Gasteiger partial charge is 0.0599 e. The normalized spacial score (nSPS) is 31.0. The summed E-state index contributed by atoms with van der Waals surface area (Å²) in [6.07, 6.45) is 11.0. The van der Waals surface area contributed by atoms with Crippen molar-refractivity contribution in [3.63, 3.8) is 0 Å². The van der Waals surface area contributed by atoms with E-state index in [1.54, 1.807) is 5.01 Å². The van der Waals surface area contributed by atoms with Gasteiger partial charge < -0.3 is 10.3 Å². The Morgan fingerprint density at radius 1 is 1.19 bits per heavy atom. The molecule has 0 bridgehead atoms. The zero-order valence-corrected chi connectivity index (χ0v) is 16.3. The molecule has 0 saturated heterocycles. The fourth-order valence-corrected chi connectivity index (χ4v) is 5.34. The minimum atomic E-state index is 0.707. The van der Waals surface area contributed by atoms with Crippen molar-refractivity contribution in [1.82, 2.24) is 10.3 Å². The summed E-state index contributed by atoms with van der Waals surface area (Å²) in [6.45, 7) is 8.47. The Morgan fingerprint density at radius 2 is 2.00 bits per heavy atom. The number of benzene rings is 1. The Balaban J connectivity index is 1.35. The maximum Gasteiger partial charge on any atom is 0.0599 e. The molecule has 1 aromatic carbocycles. The van der Waals surface area contributed by atoms with Gasteiger partial charge in [0.05, 0.1) is 12.2 Å². The molecule has 2 aliphatic carbocycles. The van der Waals surface area contributed by atoms with Gasteiger partial charge in [-0.05, 0) is 67.5 Å². The van der Waals surface area contributed by atoms with Gasteiger partial charge in [-0.2, -0.15) is 0 Å². The average Bonchev–Trinajstić information content (AvgIpc) is 2.89. The van der Waals surface area contributed by atoms with E-state index < -0.39 is 0 Å². The van der Waals surface area contributed by atoms with Crippen LogP contribution >= 0.6 is 0 Å². The standard InChI is InChI=1S/C23H35N3/c1-3-17-10-19(11-17)14-25-23-7-5-4-6-20(23)12-18-8-9-22-16(2)26(24)15-21(22)13-18/h8-9,13,17,19-20,23,25H,2-7,10-12,14-15,24H2,1H3. The predicted molar refractivity (Wildman–Crippen MR) is 109 cm³/mol. The van der Waals surface area contributed by atoms with E-state index in [0.29, 0.717) is 6.04 Å². The first-order valence-electron chi connectivity index (χ1n) is 10.7. The van der Waals surface area contributed by atoms with Gasteiger partial charge in [-0.25, -0.2) is 5.84 Å². The molecule has 2 unspecified atom stereocenters. The van der Waals surface area contributed by atoms with E-state index in [1.165, 1.54) is 74.6 Å². The topological polar surface area (TPSA) is 41.3 Å². The molecule has 0 amide bonds. The number of nitrogens with one attached hydrogen (secondary N) is 1. The van der Waals surface area contributed by atoms with Crippen molar-refractivity contribution in [3.05, 3.63) is 41.5 Å². The molecule has 3 nitrogen and oxygen atoms in total. The second kappa shape index (κ2) is 7.74. The molecule has 1 aliphatic heterocycles. The molecule has 2 fully saturated rings. The van der Waals surface area contributed by atoms with Crippen molar-refractivity contribution in [2.24, 2.45) is 23.6 Å². The molecule has 2 saturated carbocycles. The second-order valence-electron chi connectivity index (χ2n) is 8.94. The van der Waals surface area contributed by atoms with Crippen LogP contribution in [0.3, 0.4) is 0 Å². The van der Waals surface area contributed by atoms with Gasteiger partial charge >= 0.3 is 0 Å². The van der Waals surface area contributed by atoms with Gasteiger partial charge in [0.2, 0.25) is 0 Å². The van der Waals surface area contributed by atoms with Gasteiger partial charge in [0.15, 0.2) is 0 Å². The van der Waals surface area contributed by atoms with Gasteiger partial charge in [0.25, 0.3) is 0 Å². The largest absolute Gasteiger partial charge is 0.313 e. The van der Waals surface area contributed by atoms with Crippen LogP contribution in [0.4, 0.5) is 0 Å². The highest BCUT2D eigenvalue weighted by Gasteiger charge is 2.30. The summed E-state index contributed by atoms with van der Waals surface area (Å²) in [5.41, 5.74) is 5.00. The lowest BCUT2D eigenvalue weighted by atomic mass is 9.73. The highest BCUT2D eigenvalue weighted by atomic mass is 15.4. The predicted octanol–water partition coefficient (Wildman–Crippen LogP) is 4.47. The lowest BCUT2D eigenvalue weighted by Crippen LogP contribution is -2.44. The number of hydrogen-bond acceptors (Lipinski definition) is 3. The monoisotopic (exact) mass is 353 g/mol. The van der Waals surface area contributed by atoms with Gasteiger partial charge in [-0.1, -0.05) is 51.0 Å². The lowest BCUT2D eigenvalue weighted by molar-refractivity contribution is 0.163. The maximum atomic E-state index is 6.02. The molecule has 26 heavy (non-hydrogen) atoms. The first-order chi connectivity index (χ1) is 12.6. The molecule has 0 radical (unpaired) electrons. The third kappa shape index (κ3) is 3.70. The summed E-state index contributed by atoms with van der Waals surface area (Å²) in [4.78, 5) is 0. The molecule has 3 heteroatoms. The number of rotatable bonds is 6. The van der Waals surface area contributed by atoms with Crippen molar-refractivity contribution in [3.8, 4) is 0 Å². The van der Waals surface area contributed by atoms with Crippen molar-refractivity contribution in [2.75, 3.05) is 6.54 Å². The van der Waals surface area contributed by atoms with Crippen LogP contribution in [0.2, 0.25) is 0 Å². The Kier molecular flexibility index (Phi) is 5.37. The van der Waals surface area contributed by atoms with Crippen LogP contribution in [0.15, 0.2) is 24.8 Å². The fraction of sp³-hybridized carbons (Fsp3) is 0.652. The zero-order chi connectivity index (χ0) is 18.1. The molecule has 142 valence electrons. The summed E-state index contributed by atoms with van der Waals surface area (Å²) in [7, 11) is 0. The molecule has 4 rings (SSSR count). The number of hydrazine groups is 1. The first-order valence-corrected chi connectivity index (χ1v) is 10.7. The summed E-state index contributed by atoms with van der Waals surface area (Å²) in [6, 6.07) is 7.60. The third-order valence-electron chi connectivity index (χ3n) is 7.15. The quantitative estimate of drug-likeness (QED) is 0.741. The van der Waals surface area contributed by atoms with Crippen LogP contribution in [0.5, 0.6) is 0 Å². The minimum Gasteiger partial charge on any atom is -0.313 e. The van der Waals surface area contributed by atoms with Crippen molar-refractivity contribution in [2.45, 2.75) is 70.9 Å². The zero-order valence-electron chi connectivity index (χ0n) is 16.3. The van der Waals surface area contributed by atoms with Crippen molar-refractivity contribution < 1.29 is 0 Å². The summed E-state index contributed by atoms with van der Waals surface area (Å²) in [5.74, 6) is 8.74. The second-order valence-corrected chi connectivity index (χ2v) is 8.94. The molecule has 2 atom stereocenters. The van der Waals surface area contributed by atoms with Gasteiger partial charge in [0, 0.05) is 11.6 Å². The number of nitrogens with two attached hydrogens (primary N) is 1. The van der Waals surface area contributed by atoms with Crippen LogP contribution in [-0.4, -0.2) is 17.6 Å². The molecule has 0 aromatic heterocycles. The molecule has 1 heterocycles. The van der Waals surface area contributed by atoms with E-state index in [-0.39, 0.29) is 0 Å². The van der Waals surface area contributed by atoms with Gasteiger partial charge in [-0.3, -0.25) is 0 Å². The summed E-state index contributed by atoms with van der Waals surface area (Å²) >= 11 is 0. The van der Waals surface area contributed by atoms with E-state index >= 15 is 0 Å². The first kappa shape index (κ1) is 18.1. The highest BCUT2D eigenvalue weighted by molar-refractivity contribution is 5.68. The molecular weight excluding hydrogens is 318 g/mol. The van der Waals surface area contributed by atoms with Crippen molar-refractivity contribution >= 4 is 5.70 Å². The molecule has 0 spiro atoms. The summed E-state index contributed by atoms with van der Waals surface area (Å²) < 4.78 is 0. The highest BCUT2D eigenvalue weighted by Crippen LogP contribution is 2.36. The van der Waals surface area contributed by atoms with E-state index in [0.717, 1.165) is 30.0 Å². The van der Waals surface area contributed by atoms with Gasteiger partial charge in [-0.15, -0.1) is 0 Å². The number of nitrogens with zero attached hydrogens (tertiary/aromatic N) is 1. The van der Waals surface area contributed by atoms with E-state index in [9.17, 15) is 0 Å². The number of hydrogen-bond donors (Lipinski definition) is 2. The molecular formula is C23H35N3. The maximum absolute atomic E-state index is 6.02. The Bertz CT molecular complexity index is 647. The molecule has 3 aliphatic rings. The third-order valence-corrected chi connectivity index (χ3v) is 7.15. The summed E-state index contributed by atoms with van der Waals surface area (Å²) in [5, 5.41) is 5.73. The lowest BCUT2D eigenvalue weighted by Gasteiger charge is -2.38. The van der Waals surface area contributed by atoms with Gasteiger partial charge in [0.1, 0.15) is 0 Å². The Hall–Kier alpha value is -1.32. The molecule has 1 aromatic rings. The van der Waals surface area contributed by atoms with E-state index in [1.807, 2.05) is 0 Å².